The molecule has 0 radical (unpaired) electrons. The van der Waals surface area contributed by atoms with Crippen LogP contribution in [0, 0.1) is 6.92 Å². The van der Waals surface area contributed by atoms with E-state index in [1.807, 2.05) is 30.5 Å². The van der Waals surface area contributed by atoms with Crippen molar-refractivity contribution in [3.63, 3.8) is 0 Å². The number of rotatable bonds is 1. The summed E-state index contributed by atoms with van der Waals surface area (Å²) in [5.41, 5.74) is 9.48. The summed E-state index contributed by atoms with van der Waals surface area (Å²) < 4.78 is 6.05. The van der Waals surface area contributed by atoms with E-state index in [-0.39, 0.29) is 12.1 Å². The minimum atomic E-state index is -0.0629. The lowest BCUT2D eigenvalue weighted by Gasteiger charge is -2.31. The Labute approximate surface area is 117 Å². The molecule has 1 aromatic heterocycles. The van der Waals surface area contributed by atoms with Crippen LogP contribution < -0.4 is 10.5 Å². The van der Waals surface area contributed by atoms with E-state index < -0.39 is 0 Å². The molecule has 2 aromatic rings. The molecule has 0 bridgehead atoms. The van der Waals surface area contributed by atoms with Crippen molar-refractivity contribution < 1.29 is 4.74 Å². The number of aryl methyl sites for hydroxylation is 1. The molecule has 3 rings (SSSR count). The van der Waals surface area contributed by atoms with Crippen molar-refractivity contribution >= 4 is 11.6 Å². The third kappa shape index (κ3) is 2.31. The average molecular weight is 275 g/mol. The van der Waals surface area contributed by atoms with Crippen molar-refractivity contribution in [2.45, 2.75) is 25.5 Å². The average Bonchev–Trinajstić information content (AvgIpc) is 2.40. The Kier molecular flexibility index (Phi) is 3.17. The van der Waals surface area contributed by atoms with Gasteiger partial charge in [-0.15, -0.1) is 0 Å². The van der Waals surface area contributed by atoms with E-state index in [1.54, 1.807) is 6.20 Å². The van der Waals surface area contributed by atoms with Gasteiger partial charge in [0.15, 0.2) is 0 Å². The summed E-state index contributed by atoms with van der Waals surface area (Å²) in [7, 11) is 0. The first kappa shape index (κ1) is 12.5. The van der Waals surface area contributed by atoms with Gasteiger partial charge in [0.05, 0.1) is 0 Å². The van der Waals surface area contributed by atoms with Crippen LogP contribution in [0.4, 0.5) is 0 Å². The van der Waals surface area contributed by atoms with E-state index >= 15 is 0 Å². The first-order chi connectivity index (χ1) is 9.15. The molecule has 2 heterocycles. The number of fused-ring (bicyclic) bond motifs is 1. The normalized spacial score (nSPS) is 21.6. The highest BCUT2D eigenvalue weighted by Gasteiger charge is 2.28. The molecule has 0 saturated carbocycles. The molecule has 0 spiro atoms. The first-order valence-corrected chi connectivity index (χ1v) is 6.65. The van der Waals surface area contributed by atoms with Gasteiger partial charge >= 0.3 is 0 Å². The molecule has 19 heavy (non-hydrogen) atoms. The molecule has 3 nitrogen and oxygen atoms in total. The van der Waals surface area contributed by atoms with E-state index in [0.29, 0.717) is 5.02 Å². The predicted molar refractivity (Wildman–Crippen MR) is 75.3 cm³/mol. The highest BCUT2D eigenvalue weighted by Crippen LogP contribution is 2.41. The van der Waals surface area contributed by atoms with Crippen molar-refractivity contribution in [1.29, 1.82) is 0 Å². The maximum absolute atomic E-state index is 6.23. The van der Waals surface area contributed by atoms with Crippen molar-refractivity contribution in [1.82, 2.24) is 4.98 Å². The van der Waals surface area contributed by atoms with Crippen LogP contribution in [0.2, 0.25) is 5.02 Å². The van der Waals surface area contributed by atoms with Crippen LogP contribution in [0.5, 0.6) is 5.75 Å². The summed E-state index contributed by atoms with van der Waals surface area (Å²) in [4.78, 5) is 4.17. The number of halogens is 1. The molecule has 1 aliphatic rings. The van der Waals surface area contributed by atoms with E-state index in [4.69, 9.17) is 22.1 Å². The van der Waals surface area contributed by atoms with Crippen LogP contribution in [0.1, 0.15) is 35.3 Å². The zero-order valence-corrected chi connectivity index (χ0v) is 11.4. The smallest absolute Gasteiger partial charge is 0.127 e. The van der Waals surface area contributed by atoms with Gasteiger partial charge < -0.3 is 10.5 Å². The summed E-state index contributed by atoms with van der Waals surface area (Å²) in [5.74, 6) is 0.816. The van der Waals surface area contributed by atoms with Crippen LogP contribution in [-0.4, -0.2) is 4.98 Å². The molecular formula is C15H15ClN2O. The van der Waals surface area contributed by atoms with Gasteiger partial charge in [0, 0.05) is 41.0 Å². The maximum atomic E-state index is 6.23. The van der Waals surface area contributed by atoms with Crippen LogP contribution in [-0.2, 0) is 0 Å². The molecule has 4 heteroatoms. The van der Waals surface area contributed by atoms with Crippen LogP contribution >= 0.6 is 11.6 Å². The Morgan fingerprint density at radius 2 is 2.16 bits per heavy atom. The van der Waals surface area contributed by atoms with Gasteiger partial charge in [0.25, 0.3) is 0 Å². The fourth-order valence-corrected chi connectivity index (χ4v) is 2.66. The number of pyridine rings is 1. The number of benzene rings is 1. The summed E-state index contributed by atoms with van der Waals surface area (Å²) in [6, 6.07) is 7.52. The lowest BCUT2D eigenvalue weighted by Crippen LogP contribution is -2.24. The third-order valence-electron chi connectivity index (χ3n) is 3.53. The summed E-state index contributed by atoms with van der Waals surface area (Å²) in [6.07, 6.45) is 4.33. The van der Waals surface area contributed by atoms with E-state index in [2.05, 4.69) is 11.9 Å². The Bertz CT molecular complexity index is 615. The Morgan fingerprint density at radius 1 is 1.32 bits per heavy atom. The maximum Gasteiger partial charge on any atom is 0.127 e. The lowest BCUT2D eigenvalue weighted by molar-refractivity contribution is 0.160. The van der Waals surface area contributed by atoms with Crippen molar-refractivity contribution in [2.24, 2.45) is 5.73 Å². The van der Waals surface area contributed by atoms with E-state index in [9.17, 15) is 0 Å². The second kappa shape index (κ2) is 4.83. The molecule has 1 aromatic carbocycles. The molecular weight excluding hydrogens is 260 g/mol. The second-order valence-corrected chi connectivity index (χ2v) is 5.30. The van der Waals surface area contributed by atoms with Crippen LogP contribution in [0.25, 0.3) is 0 Å². The largest absolute Gasteiger partial charge is 0.485 e. The van der Waals surface area contributed by atoms with Crippen LogP contribution in [0.15, 0.2) is 36.7 Å². The Morgan fingerprint density at radius 3 is 2.95 bits per heavy atom. The number of nitrogens with zero attached hydrogens (tertiary/aromatic N) is 1. The molecule has 0 amide bonds. The van der Waals surface area contributed by atoms with Gasteiger partial charge in [-0.3, -0.25) is 4.98 Å². The minimum Gasteiger partial charge on any atom is -0.485 e. The number of nitrogens with two attached hydrogens (primary N) is 1. The summed E-state index contributed by atoms with van der Waals surface area (Å²) >= 11 is 6.00. The van der Waals surface area contributed by atoms with Gasteiger partial charge in [-0.2, -0.15) is 0 Å². The zero-order valence-electron chi connectivity index (χ0n) is 10.6. The molecule has 1 aliphatic heterocycles. The standard InChI is InChI=1S/C15H15ClN2O/c1-9-4-5-18-8-12(9)15-7-13(17)11-6-10(16)2-3-14(11)19-15/h2-6,8,13,15H,7,17H2,1H3/t13-,15?/m0/s1. The molecule has 0 fully saturated rings. The van der Waals surface area contributed by atoms with Gasteiger partial charge in [0.2, 0.25) is 0 Å². The van der Waals surface area contributed by atoms with Crippen LogP contribution in [0.3, 0.4) is 0 Å². The molecule has 2 atom stereocenters. The monoisotopic (exact) mass is 274 g/mol. The molecule has 0 saturated heterocycles. The lowest BCUT2D eigenvalue weighted by atomic mass is 9.93. The van der Waals surface area contributed by atoms with Gasteiger partial charge in [-0.05, 0) is 36.8 Å². The Balaban J connectivity index is 1.97. The van der Waals surface area contributed by atoms with Crippen molar-refractivity contribution in [3.8, 4) is 5.75 Å². The van der Waals surface area contributed by atoms with E-state index in [1.165, 1.54) is 5.56 Å². The van der Waals surface area contributed by atoms with Crippen molar-refractivity contribution in [3.05, 3.63) is 58.4 Å². The van der Waals surface area contributed by atoms with E-state index in [0.717, 1.165) is 23.3 Å². The highest BCUT2D eigenvalue weighted by atomic mass is 35.5. The summed E-state index contributed by atoms with van der Waals surface area (Å²) in [5, 5.41) is 0.689. The fraction of sp³-hybridized carbons (Fsp3) is 0.267. The minimum absolute atomic E-state index is 0.0441. The summed E-state index contributed by atoms with van der Waals surface area (Å²) in [6.45, 7) is 2.06. The molecule has 98 valence electrons. The quantitative estimate of drug-likeness (QED) is 0.865. The van der Waals surface area contributed by atoms with Crippen molar-refractivity contribution in [2.75, 3.05) is 0 Å². The molecule has 0 aliphatic carbocycles. The first-order valence-electron chi connectivity index (χ1n) is 6.27. The SMILES string of the molecule is Cc1ccncc1C1C[C@H](N)c2cc(Cl)ccc2O1. The molecule has 2 N–H and O–H groups in total. The predicted octanol–water partition coefficient (Wildman–Crippen LogP) is 3.57. The number of hydrogen-bond donors (Lipinski definition) is 1. The number of ether oxygens (including phenoxy) is 1. The number of hydrogen-bond acceptors (Lipinski definition) is 3. The Hall–Kier alpha value is -1.58. The number of aromatic nitrogens is 1. The van der Waals surface area contributed by atoms with Gasteiger partial charge in [-0.1, -0.05) is 11.6 Å². The highest BCUT2D eigenvalue weighted by molar-refractivity contribution is 6.30. The van der Waals surface area contributed by atoms with Gasteiger partial charge in [0.1, 0.15) is 11.9 Å². The third-order valence-corrected chi connectivity index (χ3v) is 3.77. The topological polar surface area (TPSA) is 48.1 Å². The zero-order chi connectivity index (χ0) is 13.4. The van der Waals surface area contributed by atoms with Gasteiger partial charge in [-0.25, -0.2) is 0 Å². The second-order valence-electron chi connectivity index (χ2n) is 4.86. The fourth-order valence-electron chi connectivity index (χ4n) is 2.48. The molecule has 1 unspecified atom stereocenters.